The van der Waals surface area contributed by atoms with Crippen LogP contribution in [0.4, 0.5) is 4.79 Å². The molecule has 0 spiro atoms. The number of aromatic hydroxyl groups is 1. The molecule has 2 heterocycles. The molecule has 2 N–H and O–H groups in total. The Hall–Kier alpha value is -3.17. The predicted octanol–water partition coefficient (Wildman–Crippen LogP) is 2.73. The zero-order valence-corrected chi connectivity index (χ0v) is 17.6. The first kappa shape index (κ1) is 20.7. The van der Waals surface area contributed by atoms with Crippen molar-refractivity contribution in [2.24, 2.45) is 17.8 Å². The SMILES string of the molecule is COC(=O)N1C(=O)[C@H]2[C@H](CC(C)=C3B(O)O[C@H](c4ccc(O)c5ccccc45)C[C@H]32)C1=O. The van der Waals surface area contributed by atoms with Crippen molar-refractivity contribution < 1.29 is 33.9 Å². The largest absolute Gasteiger partial charge is 0.507 e. The minimum Gasteiger partial charge on any atom is -0.507 e. The molecule has 2 fully saturated rings. The molecule has 5 rings (SSSR count). The van der Waals surface area contributed by atoms with Gasteiger partial charge in [-0.15, -0.1) is 0 Å². The van der Waals surface area contributed by atoms with Crippen LogP contribution in [0.15, 0.2) is 47.4 Å². The Morgan fingerprint density at radius 3 is 2.56 bits per heavy atom. The van der Waals surface area contributed by atoms with Crippen molar-refractivity contribution in [1.29, 1.82) is 0 Å². The highest BCUT2D eigenvalue weighted by Gasteiger charge is 2.59. The second-order valence-electron chi connectivity index (χ2n) is 8.59. The van der Waals surface area contributed by atoms with Gasteiger partial charge in [-0.2, -0.15) is 4.90 Å². The highest BCUT2D eigenvalue weighted by Crippen LogP contribution is 2.52. The lowest BCUT2D eigenvalue weighted by Gasteiger charge is -2.41. The van der Waals surface area contributed by atoms with E-state index in [9.17, 15) is 24.5 Å². The minimum atomic E-state index is -1.23. The van der Waals surface area contributed by atoms with Gasteiger partial charge in [-0.05, 0) is 48.2 Å². The number of hydrogen-bond donors (Lipinski definition) is 2. The first-order valence-corrected chi connectivity index (χ1v) is 10.5. The van der Waals surface area contributed by atoms with E-state index >= 15 is 0 Å². The molecule has 3 aliphatic rings. The summed E-state index contributed by atoms with van der Waals surface area (Å²) in [4.78, 5) is 38.7. The van der Waals surface area contributed by atoms with Gasteiger partial charge >= 0.3 is 13.2 Å². The highest BCUT2D eigenvalue weighted by molar-refractivity contribution is 6.53. The molecular weight excluding hydrogens is 413 g/mol. The number of rotatable bonds is 1. The van der Waals surface area contributed by atoms with Crippen LogP contribution in [0.1, 0.15) is 31.4 Å². The summed E-state index contributed by atoms with van der Waals surface area (Å²) in [5.41, 5.74) is 2.18. The number of methoxy groups -OCH3 is 1. The van der Waals surface area contributed by atoms with Crippen LogP contribution in [0.25, 0.3) is 10.8 Å². The van der Waals surface area contributed by atoms with E-state index in [4.69, 9.17) is 4.65 Å². The molecule has 0 aromatic heterocycles. The molecule has 0 radical (unpaired) electrons. The molecule has 4 atom stereocenters. The molecule has 2 saturated heterocycles. The van der Waals surface area contributed by atoms with E-state index in [1.165, 1.54) is 0 Å². The number of imide groups is 3. The van der Waals surface area contributed by atoms with Gasteiger partial charge in [0.2, 0.25) is 11.8 Å². The molecule has 0 bridgehead atoms. The van der Waals surface area contributed by atoms with E-state index in [1.54, 1.807) is 18.2 Å². The number of fused-ring (bicyclic) bond motifs is 4. The summed E-state index contributed by atoms with van der Waals surface area (Å²) < 4.78 is 10.6. The van der Waals surface area contributed by atoms with Crippen LogP contribution in [0.5, 0.6) is 5.75 Å². The Balaban J connectivity index is 1.57. The smallest absolute Gasteiger partial charge is 0.487 e. The van der Waals surface area contributed by atoms with Crippen molar-refractivity contribution in [3.8, 4) is 5.75 Å². The number of phenolic OH excluding ortho intramolecular Hbond substituents is 1. The van der Waals surface area contributed by atoms with Crippen molar-refractivity contribution in [2.45, 2.75) is 25.9 Å². The maximum absolute atomic E-state index is 13.1. The normalized spacial score (nSPS) is 27.6. The monoisotopic (exact) mass is 435 g/mol. The lowest BCUT2D eigenvalue weighted by atomic mass is 9.55. The molecule has 32 heavy (non-hydrogen) atoms. The maximum atomic E-state index is 13.1. The Morgan fingerprint density at radius 2 is 1.84 bits per heavy atom. The Bertz CT molecular complexity index is 1190. The van der Waals surface area contributed by atoms with Crippen molar-refractivity contribution in [3.63, 3.8) is 0 Å². The summed E-state index contributed by atoms with van der Waals surface area (Å²) in [7, 11) is -0.105. The van der Waals surface area contributed by atoms with E-state index in [-0.39, 0.29) is 12.2 Å². The molecule has 2 aromatic rings. The number of phenols is 1. The molecule has 3 amide bonds. The summed E-state index contributed by atoms with van der Waals surface area (Å²) >= 11 is 0. The molecule has 1 aliphatic carbocycles. The van der Waals surface area contributed by atoms with E-state index in [0.29, 0.717) is 22.2 Å². The number of likely N-dealkylation sites (tertiary alicyclic amines) is 1. The van der Waals surface area contributed by atoms with Gasteiger partial charge in [-0.25, -0.2) is 4.79 Å². The zero-order valence-electron chi connectivity index (χ0n) is 17.6. The van der Waals surface area contributed by atoms with Crippen LogP contribution in [0.2, 0.25) is 0 Å². The lowest BCUT2D eigenvalue weighted by molar-refractivity contribution is -0.137. The second-order valence-corrected chi connectivity index (χ2v) is 8.59. The Kier molecular flexibility index (Phi) is 4.83. The van der Waals surface area contributed by atoms with E-state index in [1.807, 2.05) is 25.1 Å². The van der Waals surface area contributed by atoms with Gasteiger partial charge < -0.3 is 19.5 Å². The van der Waals surface area contributed by atoms with E-state index in [0.717, 1.165) is 23.6 Å². The van der Waals surface area contributed by atoms with Crippen molar-refractivity contribution in [1.82, 2.24) is 4.90 Å². The van der Waals surface area contributed by atoms with Gasteiger partial charge in [0, 0.05) is 5.39 Å². The van der Waals surface area contributed by atoms with E-state index in [2.05, 4.69) is 4.74 Å². The number of allylic oxidation sites excluding steroid dienone is 2. The summed E-state index contributed by atoms with van der Waals surface area (Å²) in [6.07, 6.45) is -0.914. The summed E-state index contributed by atoms with van der Waals surface area (Å²) in [6.45, 7) is 1.82. The third-order valence-corrected chi connectivity index (χ3v) is 6.99. The summed E-state index contributed by atoms with van der Waals surface area (Å²) in [5.74, 6) is -2.90. The number of hydrogen-bond acceptors (Lipinski definition) is 7. The second kappa shape index (κ2) is 7.46. The fourth-order valence-electron chi connectivity index (χ4n) is 5.62. The van der Waals surface area contributed by atoms with E-state index < -0.39 is 48.9 Å². The topological polar surface area (TPSA) is 113 Å². The van der Waals surface area contributed by atoms with Gasteiger partial charge in [-0.1, -0.05) is 35.9 Å². The van der Waals surface area contributed by atoms with Crippen LogP contribution in [-0.4, -0.2) is 47.2 Å². The fourth-order valence-corrected chi connectivity index (χ4v) is 5.62. The Labute approximate surface area is 184 Å². The number of nitrogens with zero attached hydrogens (tertiary/aromatic N) is 1. The Morgan fingerprint density at radius 1 is 1.12 bits per heavy atom. The highest BCUT2D eigenvalue weighted by atomic mass is 16.5. The predicted molar refractivity (Wildman–Crippen MR) is 114 cm³/mol. The first-order chi connectivity index (χ1) is 15.3. The quantitative estimate of drug-likeness (QED) is 0.523. The molecule has 2 aliphatic heterocycles. The number of benzene rings is 2. The fraction of sp³-hybridized carbons (Fsp3) is 0.348. The molecule has 0 saturated carbocycles. The van der Waals surface area contributed by atoms with Crippen molar-refractivity contribution in [3.05, 3.63) is 53.0 Å². The van der Waals surface area contributed by atoms with Crippen LogP contribution in [0.3, 0.4) is 0 Å². The van der Waals surface area contributed by atoms with Crippen LogP contribution in [-0.2, 0) is 19.0 Å². The average molecular weight is 435 g/mol. The molecule has 0 unspecified atom stereocenters. The molecule has 9 heteroatoms. The van der Waals surface area contributed by atoms with Crippen molar-refractivity contribution >= 4 is 35.8 Å². The molecule has 8 nitrogen and oxygen atoms in total. The molecule has 164 valence electrons. The van der Waals surface area contributed by atoms with Crippen LogP contribution in [0, 0.1) is 17.8 Å². The van der Waals surface area contributed by atoms with Gasteiger partial charge in [0.25, 0.3) is 0 Å². The standard InChI is InChI=1S/C23H22BNO7/c1-11-9-16-19(22(28)25(21(16)27)23(29)31-2)15-10-18(32-24(30)20(11)15)14-7-8-17(26)13-6-4-3-5-12(13)14/h3-8,15-16,18-19,26,30H,9-10H2,1-2H3/t15-,16-,18-,19+/m0/s1. The first-order valence-electron chi connectivity index (χ1n) is 10.5. The van der Waals surface area contributed by atoms with Gasteiger partial charge in [0.1, 0.15) is 5.75 Å². The number of carbonyl (C=O) groups excluding carboxylic acids is 3. The number of ether oxygens (including phenoxy) is 1. The zero-order chi connectivity index (χ0) is 22.7. The van der Waals surface area contributed by atoms with Crippen LogP contribution < -0.4 is 0 Å². The average Bonchev–Trinajstić information content (AvgIpc) is 3.03. The number of amides is 3. The molecular formula is C23H22BNO7. The van der Waals surface area contributed by atoms with Gasteiger partial charge in [-0.3, -0.25) is 9.59 Å². The summed E-state index contributed by atoms with van der Waals surface area (Å²) in [5, 5.41) is 22.6. The van der Waals surface area contributed by atoms with Gasteiger partial charge in [0.05, 0.1) is 25.0 Å². The lowest BCUT2D eigenvalue weighted by Crippen LogP contribution is -2.44. The molecule has 2 aromatic carbocycles. The van der Waals surface area contributed by atoms with Gasteiger partial charge in [0.15, 0.2) is 0 Å². The third kappa shape index (κ3) is 2.88. The summed E-state index contributed by atoms with van der Waals surface area (Å²) in [6, 6.07) is 10.7. The minimum absolute atomic E-state index is 0.139. The number of carbonyl (C=O) groups is 3. The maximum Gasteiger partial charge on any atom is 0.487 e. The van der Waals surface area contributed by atoms with Crippen molar-refractivity contribution in [2.75, 3.05) is 7.11 Å². The third-order valence-electron chi connectivity index (χ3n) is 6.99. The van der Waals surface area contributed by atoms with Crippen LogP contribution >= 0.6 is 0 Å².